The number of nitrogens with one attached hydrogen (secondary N) is 1. The van der Waals surface area contributed by atoms with Crippen molar-refractivity contribution < 1.29 is 33.8 Å². The van der Waals surface area contributed by atoms with Gasteiger partial charge in [0.1, 0.15) is 17.4 Å². The Morgan fingerprint density at radius 2 is 1.68 bits per heavy atom. The Labute approximate surface area is 162 Å². The lowest BCUT2D eigenvalue weighted by atomic mass is 10.1. The SMILES string of the molecule is CC(C)(C)OC(=O)N[C@@H](Cc1ccc(O)cc1)C(=O)OC(CC(N)=O)C(N)=O. The zero-order valence-electron chi connectivity index (χ0n) is 15.9. The highest BCUT2D eigenvalue weighted by atomic mass is 16.6. The molecule has 0 aliphatic rings. The summed E-state index contributed by atoms with van der Waals surface area (Å²) in [5, 5.41) is 11.7. The molecule has 1 unspecified atom stereocenters. The van der Waals surface area contributed by atoms with E-state index >= 15 is 0 Å². The molecule has 10 heteroatoms. The van der Waals surface area contributed by atoms with Crippen LogP contribution >= 0.6 is 0 Å². The van der Waals surface area contributed by atoms with Crippen molar-refractivity contribution in [1.82, 2.24) is 5.32 Å². The maximum Gasteiger partial charge on any atom is 0.408 e. The zero-order chi connectivity index (χ0) is 21.5. The van der Waals surface area contributed by atoms with E-state index < -0.39 is 48.0 Å². The van der Waals surface area contributed by atoms with Crippen LogP contribution in [0.2, 0.25) is 0 Å². The summed E-state index contributed by atoms with van der Waals surface area (Å²) in [7, 11) is 0. The van der Waals surface area contributed by atoms with E-state index in [0.717, 1.165) is 0 Å². The van der Waals surface area contributed by atoms with Crippen LogP contribution in [-0.2, 0) is 30.3 Å². The second kappa shape index (κ2) is 9.58. The van der Waals surface area contributed by atoms with Crippen molar-refractivity contribution in [2.45, 2.75) is 51.4 Å². The number of phenolic OH excluding ortho intramolecular Hbond substituents is 1. The Balaban J connectivity index is 2.98. The molecule has 6 N–H and O–H groups in total. The van der Waals surface area contributed by atoms with Gasteiger partial charge in [-0.15, -0.1) is 0 Å². The highest BCUT2D eigenvalue weighted by Gasteiger charge is 2.30. The van der Waals surface area contributed by atoms with Gasteiger partial charge in [0.2, 0.25) is 5.91 Å². The second-order valence-corrected chi connectivity index (χ2v) is 7.07. The van der Waals surface area contributed by atoms with Crippen LogP contribution in [0.25, 0.3) is 0 Å². The van der Waals surface area contributed by atoms with Gasteiger partial charge in [-0.3, -0.25) is 9.59 Å². The van der Waals surface area contributed by atoms with Gasteiger partial charge < -0.3 is 31.4 Å². The number of rotatable bonds is 8. The van der Waals surface area contributed by atoms with Crippen LogP contribution in [0.3, 0.4) is 0 Å². The maximum atomic E-state index is 12.5. The van der Waals surface area contributed by atoms with Gasteiger partial charge in [0.25, 0.3) is 5.91 Å². The number of alkyl carbamates (subject to hydrolysis) is 1. The van der Waals surface area contributed by atoms with E-state index in [-0.39, 0.29) is 12.2 Å². The number of hydrogen-bond donors (Lipinski definition) is 4. The number of carbonyl (C=O) groups excluding carboxylic acids is 4. The van der Waals surface area contributed by atoms with Crippen molar-refractivity contribution in [3.05, 3.63) is 29.8 Å². The number of esters is 1. The first-order valence-electron chi connectivity index (χ1n) is 8.43. The molecule has 0 saturated heterocycles. The molecule has 2 atom stereocenters. The summed E-state index contributed by atoms with van der Waals surface area (Å²) >= 11 is 0. The molecule has 0 spiro atoms. The lowest BCUT2D eigenvalue weighted by Crippen LogP contribution is -2.48. The predicted octanol–water partition coefficient (Wildman–Crippen LogP) is 0.101. The van der Waals surface area contributed by atoms with Gasteiger partial charge in [-0.2, -0.15) is 0 Å². The molecule has 0 bridgehead atoms. The maximum absolute atomic E-state index is 12.5. The Morgan fingerprint density at radius 1 is 1.11 bits per heavy atom. The number of hydrogen-bond acceptors (Lipinski definition) is 7. The van der Waals surface area contributed by atoms with E-state index in [1.54, 1.807) is 32.9 Å². The fourth-order valence-electron chi connectivity index (χ4n) is 2.12. The van der Waals surface area contributed by atoms with Crippen LogP contribution in [0.5, 0.6) is 5.75 Å². The number of carbonyl (C=O) groups is 4. The van der Waals surface area contributed by atoms with Gasteiger partial charge >= 0.3 is 12.1 Å². The van der Waals surface area contributed by atoms with Crippen molar-refractivity contribution in [3.63, 3.8) is 0 Å². The summed E-state index contributed by atoms with van der Waals surface area (Å²) in [6.07, 6.45) is -3.05. The van der Waals surface area contributed by atoms with Crippen molar-refractivity contribution in [1.29, 1.82) is 0 Å². The van der Waals surface area contributed by atoms with Crippen LogP contribution in [0.1, 0.15) is 32.8 Å². The van der Waals surface area contributed by atoms with E-state index in [1.165, 1.54) is 12.1 Å². The normalized spacial score (nSPS) is 13.1. The summed E-state index contributed by atoms with van der Waals surface area (Å²) in [5.74, 6) is -2.90. The van der Waals surface area contributed by atoms with Crippen molar-refractivity contribution >= 4 is 23.9 Å². The lowest BCUT2D eigenvalue weighted by molar-refractivity contribution is -0.158. The monoisotopic (exact) mass is 395 g/mol. The molecule has 1 rings (SSSR count). The highest BCUT2D eigenvalue weighted by Crippen LogP contribution is 2.14. The first-order chi connectivity index (χ1) is 12.9. The molecule has 0 fully saturated rings. The average Bonchev–Trinajstić information content (AvgIpc) is 2.53. The Bertz CT molecular complexity index is 726. The minimum absolute atomic E-state index is 0.0261. The number of primary amides is 2. The molecule has 1 aromatic rings. The van der Waals surface area contributed by atoms with Crippen LogP contribution in [0.15, 0.2) is 24.3 Å². The molecule has 28 heavy (non-hydrogen) atoms. The highest BCUT2D eigenvalue weighted by molar-refractivity contribution is 5.89. The molecule has 0 aliphatic carbocycles. The molecule has 3 amide bonds. The lowest BCUT2D eigenvalue weighted by Gasteiger charge is -2.24. The third kappa shape index (κ3) is 8.39. The molecular weight excluding hydrogens is 370 g/mol. The Kier molecular flexibility index (Phi) is 7.78. The smallest absolute Gasteiger partial charge is 0.408 e. The van der Waals surface area contributed by atoms with Crippen LogP contribution in [-0.4, -0.2) is 46.7 Å². The Morgan fingerprint density at radius 3 is 2.14 bits per heavy atom. The predicted molar refractivity (Wildman–Crippen MR) is 97.9 cm³/mol. The molecule has 0 heterocycles. The van der Waals surface area contributed by atoms with Crippen LogP contribution < -0.4 is 16.8 Å². The number of phenols is 1. The first-order valence-corrected chi connectivity index (χ1v) is 8.43. The quantitative estimate of drug-likeness (QED) is 0.452. The van der Waals surface area contributed by atoms with Crippen molar-refractivity contribution in [3.8, 4) is 5.75 Å². The molecule has 154 valence electrons. The van der Waals surface area contributed by atoms with E-state index in [9.17, 15) is 24.3 Å². The van der Waals surface area contributed by atoms with Gasteiger partial charge in [0, 0.05) is 6.42 Å². The van der Waals surface area contributed by atoms with Gasteiger partial charge in [-0.25, -0.2) is 9.59 Å². The van der Waals surface area contributed by atoms with E-state index in [1.807, 2.05) is 0 Å². The molecule has 0 saturated carbocycles. The van der Waals surface area contributed by atoms with Crippen LogP contribution in [0.4, 0.5) is 4.79 Å². The summed E-state index contributed by atoms with van der Waals surface area (Å²) in [5.41, 5.74) is 9.92. The van der Waals surface area contributed by atoms with E-state index in [2.05, 4.69) is 5.32 Å². The number of benzene rings is 1. The van der Waals surface area contributed by atoms with E-state index in [4.69, 9.17) is 20.9 Å². The summed E-state index contributed by atoms with van der Waals surface area (Å²) in [4.78, 5) is 47.0. The fourth-order valence-corrected chi connectivity index (χ4v) is 2.12. The molecule has 0 aromatic heterocycles. The number of amides is 3. The molecule has 0 radical (unpaired) electrons. The molecule has 1 aromatic carbocycles. The number of aromatic hydroxyl groups is 1. The first kappa shape index (κ1) is 22.7. The largest absolute Gasteiger partial charge is 0.508 e. The van der Waals surface area contributed by atoms with Gasteiger partial charge in [-0.1, -0.05) is 12.1 Å². The third-order valence-corrected chi connectivity index (χ3v) is 3.31. The zero-order valence-corrected chi connectivity index (χ0v) is 15.9. The molecule has 0 aliphatic heterocycles. The average molecular weight is 395 g/mol. The third-order valence-electron chi connectivity index (χ3n) is 3.31. The number of nitrogens with two attached hydrogens (primary N) is 2. The topological polar surface area (TPSA) is 171 Å². The standard InChI is InChI=1S/C18H25N3O7/c1-18(2,3)28-17(26)21-12(8-10-4-6-11(22)7-5-10)16(25)27-13(15(20)24)9-14(19)23/h4-7,12-13,22H,8-9H2,1-3H3,(H2,19,23)(H2,20,24)(H,21,26)/t12-,13?/m0/s1. The number of ether oxygens (including phenoxy) is 2. The summed E-state index contributed by atoms with van der Waals surface area (Å²) in [6.45, 7) is 4.95. The molecule has 10 nitrogen and oxygen atoms in total. The molecular formula is C18H25N3O7. The fraction of sp³-hybridized carbons (Fsp3) is 0.444. The minimum atomic E-state index is -1.56. The van der Waals surface area contributed by atoms with Gasteiger partial charge in [0.05, 0.1) is 6.42 Å². The van der Waals surface area contributed by atoms with Crippen molar-refractivity contribution in [2.24, 2.45) is 11.5 Å². The van der Waals surface area contributed by atoms with E-state index in [0.29, 0.717) is 5.56 Å². The van der Waals surface area contributed by atoms with Crippen LogP contribution in [0, 0.1) is 0 Å². The van der Waals surface area contributed by atoms with Gasteiger partial charge in [0.15, 0.2) is 6.10 Å². The van der Waals surface area contributed by atoms with Gasteiger partial charge in [-0.05, 0) is 38.5 Å². The minimum Gasteiger partial charge on any atom is -0.508 e. The Hall–Kier alpha value is -3.30. The van der Waals surface area contributed by atoms with Crippen molar-refractivity contribution in [2.75, 3.05) is 0 Å². The summed E-state index contributed by atoms with van der Waals surface area (Å²) < 4.78 is 10.1. The summed E-state index contributed by atoms with van der Waals surface area (Å²) in [6, 6.07) is 4.66. The second-order valence-electron chi connectivity index (χ2n) is 7.07.